The van der Waals surface area contributed by atoms with Crippen LogP contribution in [-0.2, 0) is 6.42 Å². The minimum absolute atomic E-state index is 0.554. The highest BCUT2D eigenvalue weighted by Crippen LogP contribution is 2.14. The lowest BCUT2D eigenvalue weighted by atomic mass is 10.2. The molecule has 0 aliphatic heterocycles. The lowest BCUT2D eigenvalue weighted by Crippen LogP contribution is -2.40. The summed E-state index contributed by atoms with van der Waals surface area (Å²) >= 11 is 0. The van der Waals surface area contributed by atoms with Crippen molar-refractivity contribution in [2.45, 2.75) is 13.3 Å². The number of aromatic amines is 1. The lowest BCUT2D eigenvalue weighted by Gasteiger charge is -2.12. The van der Waals surface area contributed by atoms with Crippen molar-refractivity contribution in [3.63, 3.8) is 0 Å². The van der Waals surface area contributed by atoms with Crippen LogP contribution in [0.2, 0.25) is 0 Å². The van der Waals surface area contributed by atoms with Crippen LogP contribution >= 0.6 is 0 Å². The van der Waals surface area contributed by atoms with E-state index >= 15 is 0 Å². The first-order chi connectivity index (χ1) is 13.2. The number of benzene rings is 1. The molecule has 0 saturated heterocycles. The Morgan fingerprint density at radius 1 is 1.19 bits per heavy atom. The van der Waals surface area contributed by atoms with E-state index in [2.05, 4.69) is 37.7 Å². The molecule has 0 atom stereocenters. The molecule has 3 N–H and O–H groups in total. The number of ether oxygens (including phenoxy) is 1. The van der Waals surface area contributed by atoms with Crippen molar-refractivity contribution in [2.75, 3.05) is 26.7 Å². The molecular formula is C19H24N6O2. The van der Waals surface area contributed by atoms with Crippen LogP contribution in [0.3, 0.4) is 0 Å². The van der Waals surface area contributed by atoms with Crippen molar-refractivity contribution in [1.82, 2.24) is 25.8 Å². The summed E-state index contributed by atoms with van der Waals surface area (Å²) in [5, 5.41) is 13.5. The van der Waals surface area contributed by atoms with Crippen molar-refractivity contribution in [3.05, 3.63) is 54.0 Å². The molecule has 142 valence electrons. The SMILES string of the molecule is CN=C(NCCOc1ccc(C)cc1)NCCc1nc(-c2ccco2)n[nH]1. The summed E-state index contributed by atoms with van der Waals surface area (Å²) in [4.78, 5) is 8.61. The molecule has 3 rings (SSSR count). The predicted octanol–water partition coefficient (Wildman–Crippen LogP) is 2.16. The average molecular weight is 368 g/mol. The fraction of sp³-hybridized carbons (Fsp3) is 0.316. The van der Waals surface area contributed by atoms with Gasteiger partial charge in [0.1, 0.15) is 18.2 Å². The van der Waals surface area contributed by atoms with Crippen molar-refractivity contribution in [3.8, 4) is 17.3 Å². The minimum Gasteiger partial charge on any atom is -0.492 e. The first-order valence-electron chi connectivity index (χ1n) is 8.84. The molecule has 0 amide bonds. The average Bonchev–Trinajstić information content (AvgIpc) is 3.36. The number of nitrogens with zero attached hydrogens (tertiary/aromatic N) is 3. The molecule has 0 fully saturated rings. The number of guanidine groups is 1. The van der Waals surface area contributed by atoms with Crippen LogP contribution in [0.5, 0.6) is 5.75 Å². The number of H-pyrrole nitrogens is 1. The van der Waals surface area contributed by atoms with Crippen LogP contribution < -0.4 is 15.4 Å². The van der Waals surface area contributed by atoms with Gasteiger partial charge in [0.05, 0.1) is 12.8 Å². The molecule has 8 heteroatoms. The highest BCUT2D eigenvalue weighted by Gasteiger charge is 2.08. The first kappa shape index (κ1) is 18.5. The molecule has 0 radical (unpaired) electrons. The molecule has 1 aromatic carbocycles. The third-order valence-electron chi connectivity index (χ3n) is 3.84. The molecule has 2 heterocycles. The topological polar surface area (TPSA) is 100 Å². The monoisotopic (exact) mass is 368 g/mol. The van der Waals surface area contributed by atoms with Gasteiger partial charge in [0.2, 0.25) is 5.82 Å². The quantitative estimate of drug-likeness (QED) is 0.320. The Balaban J connectivity index is 1.35. The minimum atomic E-state index is 0.554. The normalized spacial score (nSPS) is 11.4. The van der Waals surface area contributed by atoms with Gasteiger partial charge in [-0.25, -0.2) is 4.98 Å². The van der Waals surface area contributed by atoms with Gasteiger partial charge in [-0.3, -0.25) is 10.1 Å². The first-order valence-corrected chi connectivity index (χ1v) is 8.84. The number of aliphatic imine (C=N–C) groups is 1. The summed E-state index contributed by atoms with van der Waals surface area (Å²) < 4.78 is 11.0. The molecular weight excluding hydrogens is 344 g/mol. The van der Waals surface area contributed by atoms with Crippen LogP contribution in [0.15, 0.2) is 52.1 Å². The molecule has 3 aromatic rings. The lowest BCUT2D eigenvalue weighted by molar-refractivity contribution is 0.322. The van der Waals surface area contributed by atoms with E-state index in [1.165, 1.54) is 5.56 Å². The standard InChI is InChI=1S/C19H24N6O2/c1-14-5-7-15(8-6-14)26-13-11-22-19(20-2)21-10-9-17-23-18(25-24-17)16-4-3-12-27-16/h3-8,12H,9-11,13H2,1-2H3,(H2,20,21,22)(H,23,24,25). The van der Waals surface area contributed by atoms with E-state index in [0.717, 1.165) is 11.6 Å². The maximum absolute atomic E-state index is 5.69. The van der Waals surface area contributed by atoms with E-state index in [4.69, 9.17) is 9.15 Å². The van der Waals surface area contributed by atoms with Crippen LogP contribution in [0.1, 0.15) is 11.4 Å². The maximum atomic E-state index is 5.69. The van der Waals surface area contributed by atoms with Crippen molar-refractivity contribution < 1.29 is 9.15 Å². The van der Waals surface area contributed by atoms with Gasteiger partial charge >= 0.3 is 0 Å². The van der Waals surface area contributed by atoms with Crippen molar-refractivity contribution in [2.24, 2.45) is 4.99 Å². The summed E-state index contributed by atoms with van der Waals surface area (Å²) in [6, 6.07) is 11.6. The summed E-state index contributed by atoms with van der Waals surface area (Å²) in [5.41, 5.74) is 1.22. The van der Waals surface area contributed by atoms with Crippen LogP contribution in [0, 0.1) is 6.92 Å². The Hall–Kier alpha value is -3.29. The smallest absolute Gasteiger partial charge is 0.216 e. The highest BCUT2D eigenvalue weighted by molar-refractivity contribution is 5.79. The highest BCUT2D eigenvalue weighted by atomic mass is 16.5. The Bertz CT molecular complexity index is 839. The van der Waals surface area contributed by atoms with Gasteiger partial charge in [0, 0.05) is 20.0 Å². The summed E-state index contributed by atoms with van der Waals surface area (Å²) in [6.07, 6.45) is 2.29. The predicted molar refractivity (Wildman–Crippen MR) is 104 cm³/mol. The van der Waals surface area contributed by atoms with Crippen LogP contribution in [-0.4, -0.2) is 47.9 Å². The Labute approximate surface area is 158 Å². The van der Waals surface area contributed by atoms with Gasteiger partial charge in [-0.15, -0.1) is 0 Å². The number of hydrogen-bond acceptors (Lipinski definition) is 5. The number of nitrogens with one attached hydrogen (secondary N) is 3. The van der Waals surface area contributed by atoms with Crippen LogP contribution in [0.4, 0.5) is 0 Å². The molecule has 0 saturated carbocycles. The van der Waals surface area contributed by atoms with E-state index in [9.17, 15) is 0 Å². The summed E-state index contributed by atoms with van der Waals surface area (Å²) in [5.74, 6) is 3.57. The van der Waals surface area contributed by atoms with E-state index < -0.39 is 0 Å². The van der Waals surface area contributed by atoms with Gasteiger partial charge in [-0.1, -0.05) is 17.7 Å². The summed E-state index contributed by atoms with van der Waals surface area (Å²) in [6.45, 7) is 3.93. The zero-order valence-corrected chi connectivity index (χ0v) is 15.5. The molecule has 8 nitrogen and oxygen atoms in total. The third-order valence-corrected chi connectivity index (χ3v) is 3.84. The fourth-order valence-corrected chi connectivity index (χ4v) is 2.42. The van der Waals surface area contributed by atoms with E-state index in [1.54, 1.807) is 13.3 Å². The van der Waals surface area contributed by atoms with Gasteiger partial charge in [0.25, 0.3) is 0 Å². The molecule has 0 aliphatic rings. The molecule has 2 aromatic heterocycles. The third kappa shape index (κ3) is 5.60. The second kappa shape index (κ2) is 9.42. The van der Waals surface area contributed by atoms with Crippen LogP contribution in [0.25, 0.3) is 11.6 Å². The Morgan fingerprint density at radius 3 is 2.74 bits per heavy atom. The zero-order valence-electron chi connectivity index (χ0n) is 15.5. The maximum Gasteiger partial charge on any atom is 0.216 e. The van der Waals surface area contributed by atoms with Gasteiger partial charge < -0.3 is 19.8 Å². The molecule has 0 bridgehead atoms. The van der Waals surface area contributed by atoms with E-state index in [-0.39, 0.29) is 0 Å². The largest absolute Gasteiger partial charge is 0.492 e. The number of rotatable bonds is 8. The van der Waals surface area contributed by atoms with E-state index in [0.29, 0.717) is 43.7 Å². The van der Waals surface area contributed by atoms with Crippen molar-refractivity contribution >= 4 is 5.96 Å². The molecule has 0 spiro atoms. The van der Waals surface area contributed by atoms with Gasteiger partial charge in [0.15, 0.2) is 11.7 Å². The second-order valence-corrected chi connectivity index (χ2v) is 5.92. The fourth-order valence-electron chi connectivity index (χ4n) is 2.42. The summed E-state index contributed by atoms with van der Waals surface area (Å²) in [7, 11) is 1.74. The van der Waals surface area contributed by atoms with Gasteiger partial charge in [-0.05, 0) is 31.2 Å². The second-order valence-electron chi connectivity index (χ2n) is 5.92. The Kier molecular flexibility index (Phi) is 6.45. The van der Waals surface area contributed by atoms with E-state index in [1.807, 2.05) is 36.4 Å². The number of furan rings is 1. The number of aryl methyl sites for hydroxylation is 1. The van der Waals surface area contributed by atoms with Crippen molar-refractivity contribution in [1.29, 1.82) is 0 Å². The zero-order chi connectivity index (χ0) is 18.9. The number of aromatic nitrogens is 3. The molecule has 0 unspecified atom stereocenters. The van der Waals surface area contributed by atoms with Gasteiger partial charge in [-0.2, -0.15) is 5.10 Å². The number of hydrogen-bond donors (Lipinski definition) is 3. The molecule has 0 aliphatic carbocycles. The Morgan fingerprint density at radius 2 is 2.00 bits per heavy atom. The molecule has 27 heavy (non-hydrogen) atoms.